The Morgan fingerprint density at radius 2 is 1.70 bits per heavy atom. The number of ketones is 1. The Morgan fingerprint density at radius 1 is 1.00 bits per heavy atom. The number of Topliss-reactive ketones (excluding diaryl/α,β-unsaturated/α-hetero) is 1. The molecule has 0 aliphatic carbocycles. The first-order valence-electron chi connectivity index (χ1n) is 8.66. The van der Waals surface area contributed by atoms with Crippen molar-refractivity contribution in [3.8, 4) is 11.1 Å². The predicted octanol–water partition coefficient (Wildman–Crippen LogP) is 5.72. The number of anilines is 1. The number of halogens is 1. The molecule has 1 aromatic heterocycles. The molecular weight excluding hydrogens is 360 g/mol. The molecule has 0 bridgehead atoms. The standard InChI is InChI=1S/C22H21ClN2O2/c1-12-10-17(16-6-5-7-18(23)11-16)8-9-19(12)25-22(27)21-13(2)20(15(4)26)14(3)24-21/h5-11,24H,1-4H3,(H,25,27). The summed E-state index contributed by atoms with van der Waals surface area (Å²) in [6.45, 7) is 7.02. The summed E-state index contributed by atoms with van der Waals surface area (Å²) in [5, 5.41) is 3.61. The van der Waals surface area contributed by atoms with E-state index in [0.717, 1.165) is 22.4 Å². The number of rotatable bonds is 4. The van der Waals surface area contributed by atoms with Crippen LogP contribution in [0.5, 0.6) is 0 Å². The van der Waals surface area contributed by atoms with E-state index in [2.05, 4.69) is 10.3 Å². The van der Waals surface area contributed by atoms with Crippen molar-refractivity contribution < 1.29 is 9.59 Å². The van der Waals surface area contributed by atoms with Crippen molar-refractivity contribution >= 4 is 29.0 Å². The minimum absolute atomic E-state index is 0.0534. The molecule has 3 aromatic rings. The molecule has 138 valence electrons. The van der Waals surface area contributed by atoms with Gasteiger partial charge in [0.1, 0.15) is 5.69 Å². The Morgan fingerprint density at radius 3 is 2.30 bits per heavy atom. The zero-order valence-corrected chi connectivity index (χ0v) is 16.5. The van der Waals surface area contributed by atoms with Crippen molar-refractivity contribution in [1.82, 2.24) is 4.98 Å². The van der Waals surface area contributed by atoms with E-state index >= 15 is 0 Å². The average Bonchev–Trinajstić information content (AvgIpc) is 2.91. The van der Waals surface area contributed by atoms with Crippen LogP contribution in [0.1, 0.15) is 44.6 Å². The third kappa shape index (κ3) is 3.81. The first-order valence-corrected chi connectivity index (χ1v) is 9.03. The highest BCUT2D eigenvalue weighted by atomic mass is 35.5. The SMILES string of the molecule is CC(=O)c1c(C)[nH]c(C(=O)Nc2ccc(-c3cccc(Cl)c3)cc2C)c1C. The fraction of sp³-hybridized carbons (Fsp3) is 0.182. The highest BCUT2D eigenvalue weighted by molar-refractivity contribution is 6.30. The number of hydrogen-bond donors (Lipinski definition) is 2. The van der Waals surface area contributed by atoms with Gasteiger partial charge >= 0.3 is 0 Å². The molecule has 0 atom stereocenters. The Kier molecular flexibility index (Phi) is 5.19. The third-order valence-electron chi connectivity index (χ3n) is 4.65. The predicted molar refractivity (Wildman–Crippen MR) is 110 cm³/mol. The molecule has 0 saturated heterocycles. The smallest absolute Gasteiger partial charge is 0.272 e. The molecule has 0 radical (unpaired) electrons. The molecule has 0 spiro atoms. The van der Waals surface area contributed by atoms with Gasteiger partial charge in [-0.3, -0.25) is 9.59 Å². The average molecular weight is 381 g/mol. The summed E-state index contributed by atoms with van der Waals surface area (Å²) in [6.07, 6.45) is 0. The molecule has 0 saturated carbocycles. The van der Waals surface area contributed by atoms with Gasteiger partial charge in [0.2, 0.25) is 0 Å². The van der Waals surface area contributed by atoms with Gasteiger partial charge in [-0.1, -0.05) is 29.8 Å². The fourth-order valence-electron chi connectivity index (χ4n) is 3.34. The van der Waals surface area contributed by atoms with E-state index in [1.165, 1.54) is 6.92 Å². The van der Waals surface area contributed by atoms with Crippen molar-refractivity contribution in [1.29, 1.82) is 0 Å². The van der Waals surface area contributed by atoms with Crippen LogP contribution in [-0.4, -0.2) is 16.7 Å². The number of carbonyl (C=O) groups excluding carboxylic acids is 2. The zero-order chi connectivity index (χ0) is 19.7. The van der Waals surface area contributed by atoms with E-state index in [1.54, 1.807) is 13.8 Å². The van der Waals surface area contributed by atoms with E-state index in [9.17, 15) is 9.59 Å². The topological polar surface area (TPSA) is 62.0 Å². The fourth-order valence-corrected chi connectivity index (χ4v) is 3.53. The van der Waals surface area contributed by atoms with Crippen molar-refractivity contribution in [3.05, 3.63) is 75.6 Å². The number of nitrogens with one attached hydrogen (secondary N) is 2. The molecule has 5 heteroatoms. The van der Waals surface area contributed by atoms with Gasteiger partial charge in [-0.05, 0) is 74.2 Å². The Hall–Kier alpha value is -2.85. The van der Waals surface area contributed by atoms with Crippen LogP contribution in [0.4, 0.5) is 5.69 Å². The lowest BCUT2D eigenvalue weighted by molar-refractivity contribution is 0.101. The van der Waals surface area contributed by atoms with Crippen LogP contribution in [-0.2, 0) is 0 Å². The molecule has 0 aliphatic rings. The molecule has 0 fully saturated rings. The Bertz CT molecular complexity index is 1050. The molecule has 1 heterocycles. The zero-order valence-electron chi connectivity index (χ0n) is 15.7. The number of aromatic nitrogens is 1. The van der Waals surface area contributed by atoms with Gasteiger partial charge in [-0.15, -0.1) is 0 Å². The largest absolute Gasteiger partial charge is 0.354 e. The molecule has 1 amide bonds. The van der Waals surface area contributed by atoms with Crippen LogP contribution in [0.15, 0.2) is 42.5 Å². The summed E-state index contributed by atoms with van der Waals surface area (Å²) in [5.41, 5.74) is 6.08. The van der Waals surface area contributed by atoms with E-state index < -0.39 is 0 Å². The van der Waals surface area contributed by atoms with Gasteiger partial charge in [0, 0.05) is 22.0 Å². The third-order valence-corrected chi connectivity index (χ3v) is 4.88. The number of aryl methyl sites for hydroxylation is 2. The maximum Gasteiger partial charge on any atom is 0.272 e. The first kappa shape index (κ1) is 18.9. The van der Waals surface area contributed by atoms with E-state index in [1.807, 2.05) is 49.4 Å². The maximum absolute atomic E-state index is 12.7. The van der Waals surface area contributed by atoms with Gasteiger partial charge in [0.05, 0.1) is 0 Å². The molecular formula is C22H21ClN2O2. The van der Waals surface area contributed by atoms with Crippen LogP contribution in [0, 0.1) is 20.8 Å². The van der Waals surface area contributed by atoms with Gasteiger partial charge < -0.3 is 10.3 Å². The number of benzene rings is 2. The number of amides is 1. The monoisotopic (exact) mass is 380 g/mol. The van der Waals surface area contributed by atoms with Crippen molar-refractivity contribution in [2.45, 2.75) is 27.7 Å². The first-order chi connectivity index (χ1) is 12.8. The number of carbonyl (C=O) groups is 2. The van der Waals surface area contributed by atoms with Crippen LogP contribution in [0.25, 0.3) is 11.1 Å². The lowest BCUT2D eigenvalue weighted by atomic mass is 10.0. The minimum Gasteiger partial charge on any atom is -0.354 e. The summed E-state index contributed by atoms with van der Waals surface area (Å²) in [6, 6.07) is 13.5. The van der Waals surface area contributed by atoms with Gasteiger partial charge in [0.25, 0.3) is 5.91 Å². The van der Waals surface area contributed by atoms with E-state index in [-0.39, 0.29) is 11.7 Å². The van der Waals surface area contributed by atoms with Crippen molar-refractivity contribution in [3.63, 3.8) is 0 Å². The maximum atomic E-state index is 12.7. The number of aromatic amines is 1. The molecule has 3 rings (SSSR count). The van der Waals surface area contributed by atoms with Crippen LogP contribution < -0.4 is 5.32 Å². The highest BCUT2D eigenvalue weighted by Gasteiger charge is 2.20. The van der Waals surface area contributed by atoms with Crippen LogP contribution >= 0.6 is 11.6 Å². The van der Waals surface area contributed by atoms with E-state index in [0.29, 0.717) is 27.5 Å². The quantitative estimate of drug-likeness (QED) is 0.569. The van der Waals surface area contributed by atoms with Gasteiger partial charge in [-0.2, -0.15) is 0 Å². The summed E-state index contributed by atoms with van der Waals surface area (Å²) >= 11 is 6.07. The highest BCUT2D eigenvalue weighted by Crippen LogP contribution is 2.27. The summed E-state index contributed by atoms with van der Waals surface area (Å²) in [4.78, 5) is 27.5. The van der Waals surface area contributed by atoms with Gasteiger partial charge in [-0.25, -0.2) is 0 Å². The van der Waals surface area contributed by atoms with Crippen molar-refractivity contribution in [2.24, 2.45) is 0 Å². The number of H-pyrrole nitrogens is 1. The second-order valence-corrected chi connectivity index (χ2v) is 7.11. The summed E-state index contributed by atoms with van der Waals surface area (Å²) in [5.74, 6) is -0.316. The Labute approximate surface area is 163 Å². The van der Waals surface area contributed by atoms with Crippen LogP contribution in [0.3, 0.4) is 0 Å². The van der Waals surface area contributed by atoms with Gasteiger partial charge in [0.15, 0.2) is 5.78 Å². The Balaban J connectivity index is 1.87. The van der Waals surface area contributed by atoms with Crippen LogP contribution in [0.2, 0.25) is 5.02 Å². The van der Waals surface area contributed by atoms with E-state index in [4.69, 9.17) is 11.6 Å². The molecule has 2 aromatic carbocycles. The molecule has 0 aliphatic heterocycles. The normalized spacial score (nSPS) is 10.7. The number of hydrogen-bond acceptors (Lipinski definition) is 2. The lowest BCUT2D eigenvalue weighted by Gasteiger charge is -2.11. The summed E-state index contributed by atoms with van der Waals surface area (Å²) < 4.78 is 0. The second-order valence-electron chi connectivity index (χ2n) is 6.68. The minimum atomic E-state index is -0.262. The molecule has 27 heavy (non-hydrogen) atoms. The van der Waals surface area contributed by atoms with Crippen molar-refractivity contribution in [2.75, 3.05) is 5.32 Å². The summed E-state index contributed by atoms with van der Waals surface area (Å²) in [7, 11) is 0. The lowest BCUT2D eigenvalue weighted by Crippen LogP contribution is -2.14. The molecule has 4 nitrogen and oxygen atoms in total. The molecule has 0 unspecified atom stereocenters. The second kappa shape index (κ2) is 7.41. The molecule has 2 N–H and O–H groups in total.